The Hall–Kier alpha value is -3.13. The molecule has 0 radical (unpaired) electrons. The van der Waals surface area contributed by atoms with E-state index < -0.39 is 0 Å². The van der Waals surface area contributed by atoms with Crippen LogP contribution in [0.15, 0.2) is 47.6 Å². The third-order valence-corrected chi connectivity index (χ3v) is 3.44. The maximum atomic E-state index is 12.1. The zero-order valence-corrected chi connectivity index (χ0v) is 16.0. The van der Waals surface area contributed by atoms with Crippen LogP contribution in [0.1, 0.15) is 18.1 Å². The van der Waals surface area contributed by atoms with Gasteiger partial charge in [-0.15, -0.1) is 0 Å². The third-order valence-electron chi connectivity index (χ3n) is 3.35. The molecule has 0 fully saturated rings. The van der Waals surface area contributed by atoms with Gasteiger partial charge in [-0.25, -0.2) is 0 Å². The number of thiocarbonyl (C=S) groups is 1. The van der Waals surface area contributed by atoms with Crippen molar-refractivity contribution < 1.29 is 14.3 Å². The number of nitrogens with two attached hydrogens (primary N) is 1. The molecule has 0 spiro atoms. The van der Waals surface area contributed by atoms with Gasteiger partial charge in [0.1, 0.15) is 0 Å². The van der Waals surface area contributed by atoms with Crippen LogP contribution in [-0.2, 0) is 4.79 Å². The summed E-state index contributed by atoms with van der Waals surface area (Å²) in [6.07, 6.45) is 1.55. The lowest BCUT2D eigenvalue weighted by Gasteiger charge is -2.12. The second-order valence-electron chi connectivity index (χ2n) is 5.58. The smallest absolute Gasteiger partial charge is 0.262 e. The van der Waals surface area contributed by atoms with Crippen LogP contribution in [0.3, 0.4) is 0 Å². The standard InChI is InChI=1S/C19H22N4O3S/c1-3-25-17-10-14(11-21-23-19(20)27)6-9-16(17)26-12-18(24)22-15-7-4-13(2)5-8-15/h4-11H,3,12H2,1-2H3,(H,22,24)(H3,20,23,27). The molecule has 0 saturated carbocycles. The SMILES string of the molecule is CCOc1cc(C=NNC(N)=S)ccc1OCC(=O)Nc1ccc(C)cc1. The van der Waals surface area contributed by atoms with Crippen LogP contribution in [-0.4, -0.2) is 30.4 Å². The van der Waals surface area contributed by atoms with Gasteiger partial charge < -0.3 is 20.5 Å². The van der Waals surface area contributed by atoms with Gasteiger partial charge in [-0.3, -0.25) is 10.2 Å². The highest BCUT2D eigenvalue weighted by Crippen LogP contribution is 2.28. The number of hydrazone groups is 1. The van der Waals surface area contributed by atoms with Gasteiger partial charge in [0.2, 0.25) is 0 Å². The molecule has 0 heterocycles. The van der Waals surface area contributed by atoms with Crippen LogP contribution < -0.4 is 25.9 Å². The molecule has 0 aromatic heterocycles. The number of anilines is 1. The molecule has 0 saturated heterocycles. The maximum Gasteiger partial charge on any atom is 0.262 e. The number of amides is 1. The highest BCUT2D eigenvalue weighted by Gasteiger charge is 2.09. The van der Waals surface area contributed by atoms with E-state index in [2.05, 4.69) is 28.1 Å². The van der Waals surface area contributed by atoms with Crippen molar-refractivity contribution in [1.82, 2.24) is 5.43 Å². The molecule has 7 nitrogen and oxygen atoms in total. The zero-order valence-electron chi connectivity index (χ0n) is 15.2. The number of rotatable bonds is 8. The predicted molar refractivity (Wildman–Crippen MR) is 110 cm³/mol. The second-order valence-corrected chi connectivity index (χ2v) is 6.02. The van der Waals surface area contributed by atoms with Crippen molar-refractivity contribution >= 4 is 35.1 Å². The summed E-state index contributed by atoms with van der Waals surface area (Å²) in [5.41, 5.74) is 10.4. The molecule has 4 N–H and O–H groups in total. The number of benzene rings is 2. The second kappa shape index (κ2) is 10.1. The molecule has 0 aliphatic heterocycles. The first kappa shape index (κ1) is 20.2. The van der Waals surface area contributed by atoms with Crippen LogP contribution in [0.5, 0.6) is 11.5 Å². The summed E-state index contributed by atoms with van der Waals surface area (Å²) in [6.45, 7) is 4.17. The van der Waals surface area contributed by atoms with Crippen molar-refractivity contribution in [2.75, 3.05) is 18.5 Å². The van der Waals surface area contributed by atoms with Crippen molar-refractivity contribution in [3.63, 3.8) is 0 Å². The van der Waals surface area contributed by atoms with Crippen LogP contribution in [0.25, 0.3) is 0 Å². The summed E-state index contributed by atoms with van der Waals surface area (Å²) in [5.74, 6) is 0.725. The van der Waals surface area contributed by atoms with E-state index in [1.807, 2.05) is 38.1 Å². The molecule has 0 unspecified atom stereocenters. The van der Waals surface area contributed by atoms with Crippen molar-refractivity contribution in [3.8, 4) is 11.5 Å². The summed E-state index contributed by atoms with van der Waals surface area (Å²) >= 11 is 4.68. The highest BCUT2D eigenvalue weighted by atomic mass is 32.1. The Morgan fingerprint density at radius 3 is 2.59 bits per heavy atom. The Morgan fingerprint density at radius 2 is 1.93 bits per heavy atom. The van der Waals surface area contributed by atoms with Gasteiger partial charge in [-0.05, 0) is 62.0 Å². The molecule has 0 aliphatic rings. The number of nitrogens with zero attached hydrogens (tertiary/aromatic N) is 1. The van der Waals surface area contributed by atoms with Crippen LogP contribution in [0.2, 0.25) is 0 Å². The van der Waals surface area contributed by atoms with Crippen molar-refractivity contribution in [3.05, 3.63) is 53.6 Å². The molecule has 2 aromatic rings. The fourth-order valence-electron chi connectivity index (χ4n) is 2.14. The lowest BCUT2D eigenvalue weighted by atomic mass is 10.2. The van der Waals surface area contributed by atoms with Gasteiger partial charge in [0, 0.05) is 5.69 Å². The van der Waals surface area contributed by atoms with E-state index in [1.54, 1.807) is 24.4 Å². The quantitative estimate of drug-likeness (QED) is 0.366. The average Bonchev–Trinajstić information content (AvgIpc) is 2.63. The van der Waals surface area contributed by atoms with E-state index in [4.69, 9.17) is 15.2 Å². The van der Waals surface area contributed by atoms with E-state index in [-0.39, 0.29) is 17.6 Å². The third kappa shape index (κ3) is 6.95. The summed E-state index contributed by atoms with van der Waals surface area (Å²) in [6, 6.07) is 12.8. The summed E-state index contributed by atoms with van der Waals surface area (Å²) in [4.78, 5) is 12.1. The number of carbonyl (C=O) groups excluding carboxylic acids is 1. The molecule has 2 aromatic carbocycles. The Bertz CT molecular complexity index is 822. The largest absolute Gasteiger partial charge is 0.490 e. The van der Waals surface area contributed by atoms with Crippen LogP contribution in [0, 0.1) is 6.92 Å². The fraction of sp³-hybridized carbons (Fsp3) is 0.211. The summed E-state index contributed by atoms with van der Waals surface area (Å²) in [5, 5.41) is 6.76. The Morgan fingerprint density at radius 1 is 1.19 bits per heavy atom. The molecule has 2 rings (SSSR count). The number of ether oxygens (including phenoxy) is 2. The molecule has 27 heavy (non-hydrogen) atoms. The maximum absolute atomic E-state index is 12.1. The molecule has 8 heteroatoms. The zero-order chi connectivity index (χ0) is 19.6. The Balaban J connectivity index is 1.99. The molecule has 0 bridgehead atoms. The summed E-state index contributed by atoms with van der Waals surface area (Å²) < 4.78 is 11.2. The topological polar surface area (TPSA) is 98.0 Å². The van der Waals surface area contributed by atoms with Crippen LogP contribution >= 0.6 is 12.2 Å². The minimum atomic E-state index is -0.257. The monoisotopic (exact) mass is 386 g/mol. The molecule has 142 valence electrons. The van der Waals surface area contributed by atoms with Crippen LogP contribution in [0.4, 0.5) is 5.69 Å². The van der Waals surface area contributed by atoms with Crippen molar-refractivity contribution in [2.45, 2.75) is 13.8 Å². The normalized spacial score (nSPS) is 10.4. The number of carbonyl (C=O) groups is 1. The van der Waals surface area contributed by atoms with Gasteiger partial charge in [-0.1, -0.05) is 17.7 Å². The van der Waals surface area contributed by atoms with Crippen molar-refractivity contribution in [2.24, 2.45) is 10.8 Å². The van der Waals surface area contributed by atoms with E-state index in [1.165, 1.54) is 0 Å². The Labute approximate surface area is 163 Å². The van der Waals surface area contributed by atoms with Gasteiger partial charge in [-0.2, -0.15) is 5.10 Å². The molecular weight excluding hydrogens is 364 g/mol. The minimum absolute atomic E-state index is 0.0795. The first-order chi connectivity index (χ1) is 13.0. The van der Waals surface area contributed by atoms with E-state index in [9.17, 15) is 4.79 Å². The molecule has 1 amide bonds. The predicted octanol–water partition coefficient (Wildman–Crippen LogP) is 2.58. The number of nitrogens with one attached hydrogen (secondary N) is 2. The number of hydrogen-bond acceptors (Lipinski definition) is 5. The lowest BCUT2D eigenvalue weighted by Crippen LogP contribution is -2.24. The van der Waals surface area contributed by atoms with E-state index in [0.29, 0.717) is 18.1 Å². The summed E-state index contributed by atoms with van der Waals surface area (Å²) in [7, 11) is 0. The van der Waals surface area contributed by atoms with Gasteiger partial charge >= 0.3 is 0 Å². The minimum Gasteiger partial charge on any atom is -0.490 e. The Kier molecular flexibility index (Phi) is 7.57. The number of hydrogen-bond donors (Lipinski definition) is 3. The van der Waals surface area contributed by atoms with Gasteiger partial charge in [0.15, 0.2) is 23.2 Å². The molecule has 0 atom stereocenters. The average molecular weight is 386 g/mol. The highest BCUT2D eigenvalue weighted by molar-refractivity contribution is 7.80. The van der Waals surface area contributed by atoms with E-state index >= 15 is 0 Å². The first-order valence-electron chi connectivity index (χ1n) is 8.32. The first-order valence-corrected chi connectivity index (χ1v) is 8.73. The van der Waals surface area contributed by atoms with Gasteiger partial charge in [0.25, 0.3) is 5.91 Å². The fourth-order valence-corrected chi connectivity index (χ4v) is 2.19. The van der Waals surface area contributed by atoms with Crippen molar-refractivity contribution in [1.29, 1.82) is 0 Å². The van der Waals surface area contributed by atoms with Gasteiger partial charge in [0.05, 0.1) is 12.8 Å². The molecular formula is C19H22N4O3S. The lowest BCUT2D eigenvalue weighted by molar-refractivity contribution is -0.118. The van der Waals surface area contributed by atoms with E-state index in [0.717, 1.165) is 16.8 Å². The molecule has 0 aliphatic carbocycles. The number of aryl methyl sites for hydroxylation is 1.